The van der Waals surface area contributed by atoms with Gasteiger partial charge in [-0.15, -0.1) is 23.5 Å². The van der Waals surface area contributed by atoms with E-state index in [0.717, 1.165) is 0 Å². The van der Waals surface area contributed by atoms with Crippen LogP contribution in [0.3, 0.4) is 0 Å². The molecule has 2 atom stereocenters. The standard InChI is InChI=1S/C6H8O3S2.C2H6/c1-10-3-4(11-2)6(8)9-5(3)7;1-2/h3-4H,1-2H3;1-2H3. The molecule has 0 spiro atoms. The Hall–Kier alpha value is -0.160. The average Bonchev–Trinajstić information content (AvgIpc) is 2.43. The van der Waals surface area contributed by atoms with Crippen LogP contribution in [-0.4, -0.2) is 35.0 Å². The summed E-state index contributed by atoms with van der Waals surface area (Å²) in [6.07, 6.45) is 3.60. The zero-order chi connectivity index (χ0) is 10.4. The van der Waals surface area contributed by atoms with Crippen molar-refractivity contribution in [1.82, 2.24) is 0 Å². The summed E-state index contributed by atoms with van der Waals surface area (Å²) in [5.41, 5.74) is 0. The first-order chi connectivity index (χ1) is 6.20. The number of ether oxygens (including phenoxy) is 1. The molecule has 13 heavy (non-hydrogen) atoms. The zero-order valence-corrected chi connectivity index (χ0v) is 9.83. The Bertz CT molecular complexity index is 174. The van der Waals surface area contributed by atoms with Gasteiger partial charge in [0.05, 0.1) is 0 Å². The van der Waals surface area contributed by atoms with Crippen molar-refractivity contribution in [3.8, 4) is 0 Å². The van der Waals surface area contributed by atoms with Gasteiger partial charge < -0.3 is 4.74 Å². The average molecular weight is 222 g/mol. The summed E-state index contributed by atoms with van der Waals surface area (Å²) in [7, 11) is 0. The maximum atomic E-state index is 10.9. The molecular weight excluding hydrogens is 208 g/mol. The summed E-state index contributed by atoms with van der Waals surface area (Å²) in [6, 6.07) is 0. The molecule has 0 saturated carbocycles. The topological polar surface area (TPSA) is 43.4 Å². The monoisotopic (exact) mass is 222 g/mol. The maximum Gasteiger partial charge on any atom is 0.328 e. The van der Waals surface area contributed by atoms with Crippen molar-refractivity contribution in [3.05, 3.63) is 0 Å². The minimum atomic E-state index is -0.401. The van der Waals surface area contributed by atoms with Gasteiger partial charge >= 0.3 is 11.9 Å². The van der Waals surface area contributed by atoms with Crippen molar-refractivity contribution >= 4 is 35.5 Å². The van der Waals surface area contributed by atoms with Gasteiger partial charge in [0.1, 0.15) is 10.5 Å². The van der Waals surface area contributed by atoms with Crippen molar-refractivity contribution in [2.24, 2.45) is 0 Å². The highest BCUT2D eigenvalue weighted by Crippen LogP contribution is 2.28. The molecule has 1 rings (SSSR count). The van der Waals surface area contributed by atoms with Gasteiger partial charge in [-0.05, 0) is 12.5 Å². The van der Waals surface area contributed by atoms with Gasteiger partial charge in [-0.25, -0.2) is 0 Å². The molecule has 0 aromatic carbocycles. The van der Waals surface area contributed by atoms with E-state index in [0.29, 0.717) is 0 Å². The second-order valence-corrected chi connectivity index (χ2v) is 4.01. The Balaban J connectivity index is 0.000000671. The molecule has 0 bridgehead atoms. The molecule has 0 radical (unpaired) electrons. The van der Waals surface area contributed by atoms with E-state index in [1.807, 2.05) is 13.8 Å². The molecule has 0 aromatic rings. The fourth-order valence-electron chi connectivity index (χ4n) is 0.902. The third-order valence-corrected chi connectivity index (χ3v) is 3.57. The first-order valence-electron chi connectivity index (χ1n) is 4.02. The lowest BCUT2D eigenvalue weighted by Gasteiger charge is -2.05. The van der Waals surface area contributed by atoms with E-state index in [4.69, 9.17) is 0 Å². The molecule has 2 unspecified atom stereocenters. The van der Waals surface area contributed by atoms with Gasteiger partial charge in [-0.1, -0.05) is 13.8 Å². The molecular formula is C8H14O3S2. The van der Waals surface area contributed by atoms with E-state index in [1.165, 1.54) is 23.5 Å². The molecule has 1 aliphatic rings. The van der Waals surface area contributed by atoms with E-state index in [2.05, 4.69) is 4.74 Å². The summed E-state index contributed by atoms with van der Waals surface area (Å²) in [5, 5.41) is -0.616. The predicted molar refractivity (Wildman–Crippen MR) is 57.1 cm³/mol. The minimum absolute atomic E-state index is 0.308. The Morgan fingerprint density at radius 2 is 1.31 bits per heavy atom. The number of hydrogen-bond acceptors (Lipinski definition) is 5. The van der Waals surface area contributed by atoms with Crippen molar-refractivity contribution in [2.45, 2.75) is 24.3 Å². The van der Waals surface area contributed by atoms with E-state index in [-0.39, 0.29) is 10.5 Å². The van der Waals surface area contributed by atoms with Crippen LogP contribution in [0.25, 0.3) is 0 Å². The molecule has 1 fully saturated rings. The molecule has 5 heteroatoms. The summed E-state index contributed by atoms with van der Waals surface area (Å²) >= 11 is 2.72. The summed E-state index contributed by atoms with van der Waals surface area (Å²) in [4.78, 5) is 21.8. The van der Waals surface area contributed by atoms with Crippen LogP contribution in [0.2, 0.25) is 0 Å². The van der Waals surface area contributed by atoms with E-state index >= 15 is 0 Å². The lowest BCUT2D eigenvalue weighted by atomic mass is 10.3. The van der Waals surface area contributed by atoms with Crippen LogP contribution in [0.1, 0.15) is 13.8 Å². The van der Waals surface area contributed by atoms with E-state index in [1.54, 1.807) is 12.5 Å². The molecule has 0 aliphatic carbocycles. The Labute approximate surface area is 87.0 Å². The molecule has 0 aromatic heterocycles. The zero-order valence-electron chi connectivity index (χ0n) is 8.20. The summed E-state index contributed by atoms with van der Waals surface area (Å²) in [5.74, 6) is -0.802. The number of thioether (sulfide) groups is 2. The largest absolute Gasteiger partial charge is 0.391 e. The minimum Gasteiger partial charge on any atom is -0.391 e. The summed E-state index contributed by atoms with van der Waals surface area (Å²) in [6.45, 7) is 4.00. The first kappa shape index (κ1) is 12.8. The Morgan fingerprint density at radius 3 is 1.54 bits per heavy atom. The van der Waals surface area contributed by atoms with Crippen LogP contribution in [-0.2, 0) is 14.3 Å². The number of rotatable bonds is 2. The van der Waals surface area contributed by atoms with Gasteiger partial charge in [-0.3, -0.25) is 9.59 Å². The second-order valence-electron chi connectivity index (χ2n) is 2.05. The fourth-order valence-corrected chi connectivity index (χ4v) is 2.77. The van der Waals surface area contributed by atoms with Gasteiger partial charge in [0.25, 0.3) is 0 Å². The van der Waals surface area contributed by atoms with Crippen LogP contribution >= 0.6 is 23.5 Å². The van der Waals surface area contributed by atoms with E-state index < -0.39 is 11.9 Å². The van der Waals surface area contributed by atoms with Crippen LogP contribution in [0.4, 0.5) is 0 Å². The molecule has 1 saturated heterocycles. The summed E-state index contributed by atoms with van der Waals surface area (Å²) < 4.78 is 4.45. The van der Waals surface area contributed by atoms with Crippen molar-refractivity contribution < 1.29 is 14.3 Å². The number of carbonyl (C=O) groups is 2. The third-order valence-electron chi connectivity index (χ3n) is 1.45. The predicted octanol–water partition coefficient (Wildman–Crippen LogP) is 1.56. The molecule has 0 N–H and O–H groups in total. The van der Waals surface area contributed by atoms with Crippen molar-refractivity contribution in [2.75, 3.05) is 12.5 Å². The SMILES string of the molecule is CC.CSC1C(=O)OC(=O)C1SC. The smallest absolute Gasteiger partial charge is 0.328 e. The fraction of sp³-hybridized carbons (Fsp3) is 0.750. The lowest BCUT2D eigenvalue weighted by Crippen LogP contribution is -2.22. The van der Waals surface area contributed by atoms with Gasteiger partial charge in [0.2, 0.25) is 0 Å². The Kier molecular flexibility index (Phi) is 6.24. The molecule has 1 heterocycles. The van der Waals surface area contributed by atoms with Crippen molar-refractivity contribution in [1.29, 1.82) is 0 Å². The van der Waals surface area contributed by atoms with Crippen molar-refractivity contribution in [3.63, 3.8) is 0 Å². The highest BCUT2D eigenvalue weighted by molar-refractivity contribution is 8.04. The first-order valence-corrected chi connectivity index (χ1v) is 6.59. The molecule has 3 nitrogen and oxygen atoms in total. The van der Waals surface area contributed by atoms with Gasteiger partial charge in [-0.2, -0.15) is 0 Å². The third kappa shape index (κ3) is 2.91. The van der Waals surface area contributed by atoms with E-state index in [9.17, 15) is 9.59 Å². The van der Waals surface area contributed by atoms with Crippen LogP contribution in [0, 0.1) is 0 Å². The quantitative estimate of drug-likeness (QED) is 0.524. The highest BCUT2D eigenvalue weighted by atomic mass is 32.2. The maximum absolute atomic E-state index is 10.9. The Morgan fingerprint density at radius 1 is 1.00 bits per heavy atom. The second kappa shape index (κ2) is 6.32. The van der Waals surface area contributed by atoms with Gasteiger partial charge in [0.15, 0.2) is 0 Å². The number of esters is 2. The highest BCUT2D eigenvalue weighted by Gasteiger charge is 2.43. The number of hydrogen-bond donors (Lipinski definition) is 0. The molecule has 0 amide bonds. The van der Waals surface area contributed by atoms with Crippen LogP contribution in [0.5, 0.6) is 0 Å². The number of cyclic esters (lactones) is 2. The molecule has 76 valence electrons. The number of carbonyl (C=O) groups excluding carboxylic acids is 2. The van der Waals surface area contributed by atoms with Crippen LogP contribution < -0.4 is 0 Å². The van der Waals surface area contributed by atoms with Crippen LogP contribution in [0.15, 0.2) is 0 Å². The lowest BCUT2D eigenvalue weighted by molar-refractivity contribution is -0.151. The molecule has 1 aliphatic heterocycles. The normalized spacial score (nSPS) is 26.5. The van der Waals surface area contributed by atoms with Gasteiger partial charge in [0, 0.05) is 0 Å².